The maximum absolute atomic E-state index is 9.08. The van der Waals surface area contributed by atoms with Crippen LogP contribution in [0.4, 0.5) is 5.69 Å². The van der Waals surface area contributed by atoms with Crippen molar-refractivity contribution in [3.8, 4) is 33.8 Å². The second-order valence-corrected chi connectivity index (χ2v) is 13.0. The van der Waals surface area contributed by atoms with E-state index in [1.54, 1.807) is 0 Å². The quantitative estimate of drug-likeness (QED) is 0.179. The van der Waals surface area contributed by atoms with E-state index in [1.807, 2.05) is 84.9 Å². The summed E-state index contributed by atoms with van der Waals surface area (Å²) in [5, 5.41) is 18.9. The molecule has 7 aromatic carbocycles. The van der Waals surface area contributed by atoms with Gasteiger partial charge in [0.25, 0.3) is 0 Å². The van der Waals surface area contributed by atoms with Gasteiger partial charge in [-0.25, -0.2) is 9.97 Å². The summed E-state index contributed by atoms with van der Waals surface area (Å²) >= 11 is 0. The van der Waals surface area contributed by atoms with Gasteiger partial charge in [-0.05, 0) is 88.1 Å². The lowest BCUT2D eigenvalue weighted by molar-refractivity contribution is 0.669. The number of nitrogens with zero attached hydrogens (tertiary/aromatic N) is 3. The smallest absolute Gasteiger partial charge is 0.160 e. The second-order valence-electron chi connectivity index (χ2n) is 13.0. The second kappa shape index (κ2) is 12.0. The molecule has 6 nitrogen and oxygen atoms in total. The Morgan fingerprint density at radius 3 is 2.23 bits per heavy atom. The summed E-state index contributed by atoms with van der Waals surface area (Å²) < 4.78 is 6.11. The zero-order chi connectivity index (χ0) is 34.6. The minimum absolute atomic E-state index is 0.394. The molecule has 0 spiro atoms. The van der Waals surface area contributed by atoms with Crippen molar-refractivity contribution >= 4 is 66.8 Å². The molecule has 9 aromatic rings. The molecule has 10 rings (SSSR count). The fraction of sp³-hybridized carbons (Fsp3) is 0. The third-order valence-corrected chi connectivity index (χ3v) is 9.77. The van der Waals surface area contributed by atoms with Crippen LogP contribution >= 0.6 is 0 Å². The molecule has 2 N–H and O–H groups in total. The molecule has 2 heterocycles. The summed E-state index contributed by atoms with van der Waals surface area (Å²) in [6.45, 7) is 0. The first-order valence-corrected chi connectivity index (χ1v) is 17.2. The molecule has 0 unspecified atom stereocenters. The number of para-hydroxylation sites is 3. The molecule has 1 aliphatic carbocycles. The summed E-state index contributed by atoms with van der Waals surface area (Å²) in [6.07, 6.45) is 3.92. The van der Waals surface area contributed by atoms with Gasteiger partial charge in [-0.3, -0.25) is 10.8 Å². The minimum atomic E-state index is 0.394. The molecular formula is C46H29N5O. The fourth-order valence-electron chi connectivity index (χ4n) is 7.19. The van der Waals surface area contributed by atoms with Crippen molar-refractivity contribution in [3.05, 3.63) is 169 Å². The van der Waals surface area contributed by atoms with E-state index in [1.165, 1.54) is 0 Å². The van der Waals surface area contributed by atoms with Crippen molar-refractivity contribution in [3.63, 3.8) is 0 Å². The maximum Gasteiger partial charge on any atom is 0.160 e. The summed E-state index contributed by atoms with van der Waals surface area (Å²) in [4.78, 5) is 10.2. The van der Waals surface area contributed by atoms with E-state index in [0.717, 1.165) is 88.4 Å². The third-order valence-electron chi connectivity index (χ3n) is 9.77. The Bertz CT molecular complexity index is 2960. The SMILES string of the molecule is N=C1/C(=N\Nc2ccccc2)C=Cc2ccc3cc(-c4cccc(-c5nc(-c6ccc7oc8ccccc8c7c6)c6ccccc6n5)c4)ccc3c21. The van der Waals surface area contributed by atoms with Crippen LogP contribution in [-0.4, -0.2) is 21.4 Å². The number of benzene rings is 7. The lowest BCUT2D eigenvalue weighted by Gasteiger charge is -2.17. The summed E-state index contributed by atoms with van der Waals surface area (Å²) in [5.74, 6) is 0.665. The number of fused-ring (bicyclic) bond motifs is 7. The van der Waals surface area contributed by atoms with Crippen molar-refractivity contribution in [1.29, 1.82) is 5.41 Å². The molecule has 0 saturated carbocycles. The molecule has 0 bridgehead atoms. The van der Waals surface area contributed by atoms with Crippen LogP contribution < -0.4 is 5.43 Å². The van der Waals surface area contributed by atoms with Gasteiger partial charge >= 0.3 is 0 Å². The van der Waals surface area contributed by atoms with E-state index in [-0.39, 0.29) is 0 Å². The summed E-state index contributed by atoms with van der Waals surface area (Å²) in [5.41, 5.74) is 14.4. The van der Waals surface area contributed by atoms with Crippen molar-refractivity contribution in [2.75, 3.05) is 5.43 Å². The first-order chi connectivity index (χ1) is 25.7. The average Bonchev–Trinajstić information content (AvgIpc) is 3.58. The highest BCUT2D eigenvalue weighted by Crippen LogP contribution is 2.36. The number of hydrogen-bond acceptors (Lipinski definition) is 6. The Hall–Kier alpha value is -7.18. The monoisotopic (exact) mass is 667 g/mol. The molecule has 0 saturated heterocycles. The maximum atomic E-state index is 9.08. The van der Waals surface area contributed by atoms with Crippen molar-refractivity contribution in [2.24, 2.45) is 5.10 Å². The molecular weight excluding hydrogens is 639 g/mol. The van der Waals surface area contributed by atoms with E-state index >= 15 is 0 Å². The zero-order valence-electron chi connectivity index (χ0n) is 27.8. The highest BCUT2D eigenvalue weighted by Gasteiger charge is 2.20. The van der Waals surface area contributed by atoms with Crippen LogP contribution in [0.25, 0.3) is 83.5 Å². The molecule has 0 fully saturated rings. The van der Waals surface area contributed by atoms with Crippen LogP contribution in [0, 0.1) is 5.41 Å². The number of nitrogens with one attached hydrogen (secondary N) is 2. The molecule has 1 aliphatic rings. The van der Waals surface area contributed by atoms with Gasteiger partial charge in [0.05, 0.1) is 22.6 Å². The van der Waals surface area contributed by atoms with Gasteiger partial charge in [0.2, 0.25) is 0 Å². The van der Waals surface area contributed by atoms with Gasteiger partial charge in [-0.2, -0.15) is 5.10 Å². The van der Waals surface area contributed by atoms with Crippen LogP contribution in [0.5, 0.6) is 0 Å². The molecule has 6 heteroatoms. The van der Waals surface area contributed by atoms with Gasteiger partial charge in [0, 0.05) is 32.8 Å². The van der Waals surface area contributed by atoms with Crippen molar-refractivity contribution in [2.45, 2.75) is 0 Å². The first kappa shape index (κ1) is 29.7. The van der Waals surface area contributed by atoms with Crippen molar-refractivity contribution in [1.82, 2.24) is 9.97 Å². The molecule has 244 valence electrons. The largest absolute Gasteiger partial charge is 0.456 e. The van der Waals surface area contributed by atoms with Crippen LogP contribution in [0.1, 0.15) is 11.1 Å². The number of hydrazone groups is 1. The Kier molecular flexibility index (Phi) is 6.86. The Labute approximate surface area is 298 Å². The number of anilines is 1. The molecule has 0 radical (unpaired) electrons. The highest BCUT2D eigenvalue weighted by molar-refractivity contribution is 6.55. The number of rotatable bonds is 5. The standard InChI is InChI=1S/C46H29N5O/c47-44-40(51-50-34-11-2-1-3-12-34)23-20-28-17-18-31-25-30(19-22-35(31)43(28)44)29-9-8-10-33(26-29)46-48-39-15-6-4-14-37(39)45(49-46)32-21-24-42-38(27-32)36-13-5-7-16-41(36)52-42/h1-27,47,50H/b47-44?,51-40-. The third kappa shape index (κ3) is 5.05. The lowest BCUT2D eigenvalue weighted by atomic mass is 9.88. The predicted molar refractivity (Wildman–Crippen MR) is 214 cm³/mol. The Morgan fingerprint density at radius 1 is 0.538 bits per heavy atom. The Balaban J connectivity index is 1.02. The highest BCUT2D eigenvalue weighted by atomic mass is 16.3. The van der Waals surface area contributed by atoms with E-state index in [0.29, 0.717) is 17.2 Å². The number of hydrogen-bond donors (Lipinski definition) is 2. The average molecular weight is 668 g/mol. The number of allylic oxidation sites excluding steroid dienone is 1. The number of furan rings is 1. The molecule has 0 amide bonds. The minimum Gasteiger partial charge on any atom is -0.456 e. The van der Waals surface area contributed by atoms with Crippen LogP contribution in [0.3, 0.4) is 0 Å². The molecule has 0 aliphatic heterocycles. The summed E-state index contributed by atoms with van der Waals surface area (Å²) in [6, 6.07) is 51.4. The molecule has 0 atom stereocenters. The normalized spacial score (nSPS) is 13.4. The summed E-state index contributed by atoms with van der Waals surface area (Å²) in [7, 11) is 0. The van der Waals surface area contributed by atoms with Gasteiger partial charge in [0.1, 0.15) is 16.9 Å². The topological polar surface area (TPSA) is 87.2 Å². The number of aromatic nitrogens is 2. The van der Waals surface area contributed by atoms with E-state index in [2.05, 4.69) is 89.4 Å². The van der Waals surface area contributed by atoms with E-state index in [4.69, 9.17) is 19.8 Å². The first-order valence-electron chi connectivity index (χ1n) is 17.2. The fourth-order valence-corrected chi connectivity index (χ4v) is 7.19. The molecule has 52 heavy (non-hydrogen) atoms. The van der Waals surface area contributed by atoms with Gasteiger partial charge in [-0.15, -0.1) is 0 Å². The lowest BCUT2D eigenvalue weighted by Crippen LogP contribution is -2.18. The van der Waals surface area contributed by atoms with Crippen molar-refractivity contribution < 1.29 is 4.42 Å². The predicted octanol–water partition coefficient (Wildman–Crippen LogP) is 11.5. The van der Waals surface area contributed by atoms with Gasteiger partial charge in [-0.1, -0.05) is 103 Å². The van der Waals surface area contributed by atoms with Gasteiger partial charge < -0.3 is 4.42 Å². The van der Waals surface area contributed by atoms with Crippen LogP contribution in [-0.2, 0) is 0 Å². The van der Waals surface area contributed by atoms with E-state index < -0.39 is 0 Å². The van der Waals surface area contributed by atoms with Crippen LogP contribution in [0.2, 0.25) is 0 Å². The molecule has 2 aromatic heterocycles. The van der Waals surface area contributed by atoms with E-state index in [9.17, 15) is 0 Å². The van der Waals surface area contributed by atoms with Crippen LogP contribution in [0.15, 0.2) is 167 Å². The zero-order valence-corrected chi connectivity index (χ0v) is 27.8. The Morgan fingerprint density at radius 2 is 1.31 bits per heavy atom. The van der Waals surface area contributed by atoms with Gasteiger partial charge in [0.15, 0.2) is 5.82 Å².